The molecule has 0 unspecified atom stereocenters. The van der Waals surface area contributed by atoms with Gasteiger partial charge in [0.2, 0.25) is 0 Å². The lowest BCUT2D eigenvalue weighted by Gasteiger charge is -2.08. The van der Waals surface area contributed by atoms with Crippen LogP contribution >= 0.6 is 0 Å². The standard InChI is InChI=1S/C11H9NO3/c1-2-9-10(13)12(11(14)15-9)8-6-4-3-5-7-8/h2-7H,1H3/b9-2+. The van der Waals surface area contributed by atoms with Crippen LogP contribution in [0.1, 0.15) is 6.92 Å². The van der Waals surface area contributed by atoms with E-state index in [1.165, 1.54) is 6.08 Å². The summed E-state index contributed by atoms with van der Waals surface area (Å²) < 4.78 is 4.79. The van der Waals surface area contributed by atoms with Crippen molar-refractivity contribution in [1.29, 1.82) is 0 Å². The highest BCUT2D eigenvalue weighted by atomic mass is 16.6. The molecule has 1 fully saturated rings. The number of allylic oxidation sites excluding steroid dienone is 1. The Balaban J connectivity index is 2.40. The number of hydrogen-bond acceptors (Lipinski definition) is 3. The van der Waals surface area contributed by atoms with Crippen molar-refractivity contribution < 1.29 is 14.3 Å². The van der Waals surface area contributed by atoms with Gasteiger partial charge in [0.05, 0.1) is 5.69 Å². The maximum atomic E-state index is 11.7. The van der Waals surface area contributed by atoms with Crippen molar-refractivity contribution in [2.75, 3.05) is 4.90 Å². The monoisotopic (exact) mass is 203 g/mol. The Morgan fingerprint density at radius 2 is 1.87 bits per heavy atom. The number of anilines is 1. The molecule has 76 valence electrons. The van der Waals surface area contributed by atoms with Gasteiger partial charge in [-0.2, -0.15) is 0 Å². The summed E-state index contributed by atoms with van der Waals surface area (Å²) in [4.78, 5) is 24.1. The summed E-state index contributed by atoms with van der Waals surface area (Å²) in [6.07, 6.45) is 0.822. The molecule has 0 N–H and O–H groups in total. The molecule has 4 heteroatoms. The minimum absolute atomic E-state index is 0.0730. The molecular weight excluding hydrogens is 194 g/mol. The number of imide groups is 1. The van der Waals surface area contributed by atoms with Crippen LogP contribution in [0, 0.1) is 0 Å². The summed E-state index contributed by atoms with van der Waals surface area (Å²) in [5.41, 5.74) is 0.518. The Hall–Kier alpha value is -2.10. The third-order valence-electron chi connectivity index (χ3n) is 2.07. The van der Waals surface area contributed by atoms with Crippen LogP contribution in [0.3, 0.4) is 0 Å². The number of ether oxygens (including phenoxy) is 1. The zero-order valence-electron chi connectivity index (χ0n) is 8.14. The molecule has 0 aromatic heterocycles. The van der Waals surface area contributed by atoms with Crippen molar-refractivity contribution in [2.45, 2.75) is 6.92 Å². The number of amides is 2. The molecule has 2 amide bonds. The minimum atomic E-state index is -0.653. The van der Waals surface area contributed by atoms with Crippen LogP contribution in [0.25, 0.3) is 0 Å². The van der Waals surface area contributed by atoms with Gasteiger partial charge >= 0.3 is 12.0 Å². The highest BCUT2D eigenvalue weighted by Crippen LogP contribution is 2.23. The van der Waals surface area contributed by atoms with Crippen LogP contribution in [0.4, 0.5) is 10.5 Å². The van der Waals surface area contributed by atoms with Gasteiger partial charge in [-0.3, -0.25) is 4.79 Å². The van der Waals surface area contributed by atoms with Gasteiger partial charge in [0, 0.05) is 0 Å². The zero-order valence-corrected chi connectivity index (χ0v) is 8.14. The second kappa shape index (κ2) is 3.57. The van der Waals surface area contributed by atoms with Gasteiger partial charge < -0.3 is 4.74 Å². The van der Waals surface area contributed by atoms with Gasteiger partial charge in [0.1, 0.15) is 0 Å². The molecule has 0 spiro atoms. The van der Waals surface area contributed by atoms with Crippen LogP contribution in [0.5, 0.6) is 0 Å². The smallest absolute Gasteiger partial charge is 0.404 e. The Kier molecular flexibility index (Phi) is 2.25. The number of rotatable bonds is 1. The topological polar surface area (TPSA) is 46.6 Å². The van der Waals surface area contributed by atoms with Crippen LogP contribution in [0.2, 0.25) is 0 Å². The molecule has 1 aliphatic rings. The van der Waals surface area contributed by atoms with Crippen molar-refractivity contribution in [2.24, 2.45) is 0 Å². The van der Waals surface area contributed by atoms with E-state index in [0.29, 0.717) is 5.69 Å². The number of hydrogen-bond donors (Lipinski definition) is 0. The summed E-state index contributed by atoms with van der Waals surface area (Å²) in [5, 5.41) is 0. The molecule has 1 saturated heterocycles. The van der Waals surface area contributed by atoms with Gasteiger partial charge in [-0.25, -0.2) is 9.69 Å². The van der Waals surface area contributed by atoms with E-state index in [4.69, 9.17) is 4.74 Å². The van der Waals surface area contributed by atoms with Crippen molar-refractivity contribution in [3.63, 3.8) is 0 Å². The van der Waals surface area contributed by atoms with Gasteiger partial charge in [0.15, 0.2) is 5.76 Å². The summed E-state index contributed by atoms with van der Waals surface area (Å²) >= 11 is 0. The number of para-hydroxylation sites is 1. The Morgan fingerprint density at radius 1 is 1.20 bits per heavy atom. The predicted molar refractivity (Wildman–Crippen MR) is 54.2 cm³/mol. The molecule has 1 aromatic carbocycles. The predicted octanol–water partition coefficient (Wildman–Crippen LogP) is 2.07. The molecule has 1 aliphatic heterocycles. The van der Waals surface area contributed by atoms with Gasteiger partial charge in [-0.15, -0.1) is 0 Å². The van der Waals surface area contributed by atoms with E-state index < -0.39 is 12.0 Å². The first-order valence-electron chi connectivity index (χ1n) is 4.51. The van der Waals surface area contributed by atoms with Gasteiger partial charge in [0.25, 0.3) is 0 Å². The lowest BCUT2D eigenvalue weighted by Crippen LogP contribution is -2.28. The number of carbonyl (C=O) groups excluding carboxylic acids is 2. The van der Waals surface area contributed by atoms with E-state index in [9.17, 15) is 9.59 Å². The van der Waals surface area contributed by atoms with Crippen LogP contribution in [0.15, 0.2) is 42.2 Å². The molecule has 0 aliphatic carbocycles. The highest BCUT2D eigenvalue weighted by Gasteiger charge is 2.36. The van der Waals surface area contributed by atoms with Crippen molar-refractivity contribution >= 4 is 17.7 Å². The lowest BCUT2D eigenvalue weighted by molar-refractivity contribution is -0.114. The fourth-order valence-electron chi connectivity index (χ4n) is 1.36. The van der Waals surface area contributed by atoms with Gasteiger partial charge in [-0.1, -0.05) is 18.2 Å². The van der Waals surface area contributed by atoms with E-state index in [-0.39, 0.29) is 5.76 Å². The molecule has 4 nitrogen and oxygen atoms in total. The first kappa shape index (κ1) is 9.45. The highest BCUT2D eigenvalue weighted by molar-refractivity contribution is 6.23. The molecule has 0 atom stereocenters. The molecular formula is C11H9NO3. The molecule has 2 rings (SSSR count). The van der Waals surface area contributed by atoms with Crippen LogP contribution in [-0.4, -0.2) is 12.0 Å². The summed E-state index contributed by atoms with van der Waals surface area (Å²) in [6.45, 7) is 1.65. The Bertz CT molecular complexity index is 436. The van der Waals surface area contributed by atoms with E-state index in [0.717, 1.165) is 4.90 Å². The first-order valence-corrected chi connectivity index (χ1v) is 4.51. The maximum Gasteiger partial charge on any atom is 0.427 e. The Morgan fingerprint density at radius 3 is 2.40 bits per heavy atom. The van der Waals surface area contributed by atoms with Gasteiger partial charge in [-0.05, 0) is 25.1 Å². The summed E-state index contributed by atoms with van der Waals surface area (Å²) in [6, 6.07) is 8.68. The summed E-state index contributed by atoms with van der Waals surface area (Å²) in [7, 11) is 0. The van der Waals surface area contributed by atoms with Crippen molar-refractivity contribution in [3.8, 4) is 0 Å². The number of benzene rings is 1. The Labute approximate surface area is 86.8 Å². The largest absolute Gasteiger partial charge is 0.427 e. The van der Waals surface area contributed by atoms with E-state index in [1.54, 1.807) is 31.2 Å². The molecule has 1 heterocycles. The molecule has 15 heavy (non-hydrogen) atoms. The average Bonchev–Trinajstić information content (AvgIpc) is 2.55. The fourth-order valence-corrected chi connectivity index (χ4v) is 1.36. The SMILES string of the molecule is C/C=C1/OC(=O)N(c2ccccc2)C1=O. The quantitative estimate of drug-likeness (QED) is 0.656. The average molecular weight is 203 g/mol. The molecule has 0 bridgehead atoms. The van der Waals surface area contributed by atoms with E-state index >= 15 is 0 Å². The number of cyclic esters (lactones) is 1. The fraction of sp³-hybridized carbons (Fsp3) is 0.0909. The normalized spacial score (nSPS) is 18.5. The third kappa shape index (κ3) is 1.50. The lowest BCUT2D eigenvalue weighted by atomic mass is 10.3. The summed E-state index contributed by atoms with van der Waals surface area (Å²) in [5.74, 6) is -0.349. The van der Waals surface area contributed by atoms with E-state index in [2.05, 4.69) is 0 Å². The van der Waals surface area contributed by atoms with Crippen molar-refractivity contribution in [3.05, 3.63) is 42.2 Å². The second-order valence-electron chi connectivity index (χ2n) is 3.00. The van der Waals surface area contributed by atoms with E-state index in [1.807, 2.05) is 6.07 Å². The third-order valence-corrected chi connectivity index (χ3v) is 2.07. The molecule has 0 saturated carbocycles. The molecule has 0 radical (unpaired) electrons. The zero-order chi connectivity index (χ0) is 10.8. The maximum absolute atomic E-state index is 11.7. The molecule has 1 aromatic rings. The number of nitrogens with zero attached hydrogens (tertiary/aromatic N) is 1. The van der Waals surface area contributed by atoms with Crippen LogP contribution < -0.4 is 4.90 Å². The van der Waals surface area contributed by atoms with Crippen LogP contribution in [-0.2, 0) is 9.53 Å². The second-order valence-corrected chi connectivity index (χ2v) is 3.00. The van der Waals surface area contributed by atoms with Crippen molar-refractivity contribution in [1.82, 2.24) is 0 Å². The minimum Gasteiger partial charge on any atom is -0.404 e. The first-order chi connectivity index (χ1) is 7.24. The number of carbonyl (C=O) groups is 2.